The quantitative estimate of drug-likeness (QED) is 0.561. The van der Waals surface area contributed by atoms with Crippen molar-refractivity contribution in [2.24, 2.45) is 0 Å². The Balaban J connectivity index is 1.39. The summed E-state index contributed by atoms with van der Waals surface area (Å²) in [7, 11) is 0. The van der Waals surface area contributed by atoms with Crippen molar-refractivity contribution in [2.75, 3.05) is 11.9 Å². The number of pyridine rings is 1. The zero-order chi connectivity index (χ0) is 19.5. The van der Waals surface area contributed by atoms with Crippen LogP contribution < -0.4 is 10.6 Å². The van der Waals surface area contributed by atoms with E-state index in [0.717, 1.165) is 22.5 Å². The molecule has 0 aliphatic heterocycles. The van der Waals surface area contributed by atoms with Gasteiger partial charge < -0.3 is 19.5 Å². The highest BCUT2D eigenvalue weighted by Gasteiger charge is 2.11. The summed E-state index contributed by atoms with van der Waals surface area (Å²) >= 11 is 0. The monoisotopic (exact) mass is 374 g/mol. The number of carbonyl (C=O) groups excluding carboxylic acids is 2. The third kappa shape index (κ3) is 3.64. The SMILES string of the molecule is Cc1cccn2cc(-c3ccc(NC(=O)CNC(=O)c4ccco4)cc3)nc12. The second-order valence-electron chi connectivity index (χ2n) is 6.33. The fraction of sp³-hybridized carbons (Fsp3) is 0.0952. The highest BCUT2D eigenvalue weighted by Crippen LogP contribution is 2.22. The number of anilines is 1. The standard InChI is InChI=1S/C21H18N4O3/c1-14-4-2-10-25-13-17(24-20(14)25)15-6-8-16(9-7-15)23-19(26)12-22-21(27)18-5-3-11-28-18/h2-11,13H,12H2,1H3,(H,22,27)(H,23,26). The zero-order valence-electron chi connectivity index (χ0n) is 15.2. The molecule has 0 aliphatic rings. The van der Waals surface area contributed by atoms with Crippen LogP contribution in [0, 0.1) is 6.92 Å². The average Bonchev–Trinajstić information content (AvgIpc) is 3.37. The van der Waals surface area contributed by atoms with Crippen molar-refractivity contribution >= 4 is 23.1 Å². The maximum atomic E-state index is 12.0. The molecule has 140 valence electrons. The lowest BCUT2D eigenvalue weighted by molar-refractivity contribution is -0.115. The van der Waals surface area contributed by atoms with Gasteiger partial charge in [0, 0.05) is 23.6 Å². The molecule has 7 nitrogen and oxygen atoms in total. The molecule has 4 rings (SSSR count). The number of aromatic nitrogens is 2. The summed E-state index contributed by atoms with van der Waals surface area (Å²) in [5.41, 5.74) is 4.47. The van der Waals surface area contributed by atoms with Gasteiger partial charge in [-0.3, -0.25) is 9.59 Å². The van der Waals surface area contributed by atoms with Crippen LogP contribution in [0.15, 0.2) is 71.6 Å². The van der Waals surface area contributed by atoms with Crippen molar-refractivity contribution in [3.63, 3.8) is 0 Å². The van der Waals surface area contributed by atoms with Gasteiger partial charge >= 0.3 is 0 Å². The van der Waals surface area contributed by atoms with Gasteiger partial charge in [-0.1, -0.05) is 18.2 Å². The van der Waals surface area contributed by atoms with Crippen LogP contribution in [0.3, 0.4) is 0 Å². The summed E-state index contributed by atoms with van der Waals surface area (Å²) in [6.45, 7) is 1.88. The molecular formula is C21H18N4O3. The molecule has 28 heavy (non-hydrogen) atoms. The molecule has 7 heteroatoms. The minimum absolute atomic E-state index is 0.146. The molecule has 4 aromatic rings. The Hall–Kier alpha value is -3.87. The second kappa shape index (κ2) is 7.40. The number of hydrogen-bond donors (Lipinski definition) is 2. The van der Waals surface area contributed by atoms with E-state index in [9.17, 15) is 9.59 Å². The van der Waals surface area contributed by atoms with Crippen LogP contribution in [0.2, 0.25) is 0 Å². The maximum absolute atomic E-state index is 12.0. The number of imidazole rings is 1. The normalized spacial score (nSPS) is 10.8. The van der Waals surface area contributed by atoms with Crippen LogP contribution in [-0.4, -0.2) is 27.7 Å². The smallest absolute Gasteiger partial charge is 0.287 e. The van der Waals surface area contributed by atoms with Gasteiger partial charge in [-0.25, -0.2) is 4.98 Å². The van der Waals surface area contributed by atoms with Gasteiger partial charge in [0.15, 0.2) is 5.76 Å². The fourth-order valence-corrected chi connectivity index (χ4v) is 2.88. The number of furan rings is 1. The molecule has 1 aromatic carbocycles. The number of benzene rings is 1. The van der Waals surface area contributed by atoms with E-state index in [4.69, 9.17) is 4.42 Å². The van der Waals surface area contributed by atoms with E-state index in [0.29, 0.717) is 5.69 Å². The van der Waals surface area contributed by atoms with Crippen molar-refractivity contribution in [1.29, 1.82) is 0 Å². The van der Waals surface area contributed by atoms with E-state index in [-0.39, 0.29) is 18.2 Å². The summed E-state index contributed by atoms with van der Waals surface area (Å²) in [5.74, 6) is -0.589. The predicted molar refractivity (Wildman–Crippen MR) is 105 cm³/mol. The molecule has 0 radical (unpaired) electrons. The number of nitrogens with one attached hydrogen (secondary N) is 2. The number of carbonyl (C=O) groups is 2. The number of amides is 2. The number of fused-ring (bicyclic) bond motifs is 1. The van der Waals surface area contributed by atoms with Crippen LogP contribution in [0.5, 0.6) is 0 Å². The van der Waals surface area contributed by atoms with E-state index >= 15 is 0 Å². The molecule has 0 fully saturated rings. The Morgan fingerprint density at radius 1 is 1.11 bits per heavy atom. The lowest BCUT2D eigenvalue weighted by Gasteiger charge is -2.06. The lowest BCUT2D eigenvalue weighted by atomic mass is 10.1. The molecule has 3 heterocycles. The minimum atomic E-state index is -0.433. The Bertz CT molecular complexity index is 1130. The largest absolute Gasteiger partial charge is 0.459 e. The van der Waals surface area contributed by atoms with Crippen molar-refractivity contribution in [3.8, 4) is 11.3 Å². The van der Waals surface area contributed by atoms with Gasteiger partial charge in [-0.2, -0.15) is 0 Å². The van der Waals surface area contributed by atoms with Gasteiger partial charge in [-0.15, -0.1) is 0 Å². The molecule has 0 aliphatic carbocycles. The van der Waals surface area contributed by atoms with E-state index in [1.165, 1.54) is 12.3 Å². The molecule has 0 saturated carbocycles. The molecule has 2 N–H and O–H groups in total. The molecule has 0 atom stereocenters. The topological polar surface area (TPSA) is 88.6 Å². The number of nitrogens with zero attached hydrogens (tertiary/aromatic N) is 2. The van der Waals surface area contributed by atoms with E-state index in [1.54, 1.807) is 18.2 Å². The first-order valence-electron chi connectivity index (χ1n) is 8.76. The highest BCUT2D eigenvalue weighted by molar-refractivity contribution is 5.98. The Morgan fingerprint density at radius 2 is 1.93 bits per heavy atom. The first-order valence-corrected chi connectivity index (χ1v) is 8.76. The van der Waals surface area contributed by atoms with E-state index in [2.05, 4.69) is 15.6 Å². The van der Waals surface area contributed by atoms with Crippen molar-refractivity contribution in [2.45, 2.75) is 6.92 Å². The highest BCUT2D eigenvalue weighted by atomic mass is 16.3. The Labute approximate surface area is 161 Å². The minimum Gasteiger partial charge on any atom is -0.459 e. The van der Waals surface area contributed by atoms with Gasteiger partial charge in [0.1, 0.15) is 5.65 Å². The predicted octanol–water partition coefficient (Wildman–Crippen LogP) is 3.27. The Morgan fingerprint density at radius 3 is 2.64 bits per heavy atom. The van der Waals surface area contributed by atoms with E-state index < -0.39 is 5.91 Å². The van der Waals surface area contributed by atoms with Gasteiger partial charge in [0.25, 0.3) is 5.91 Å². The number of hydrogen-bond acceptors (Lipinski definition) is 4. The number of aryl methyl sites for hydroxylation is 1. The third-order valence-electron chi connectivity index (χ3n) is 4.30. The van der Waals surface area contributed by atoms with Gasteiger partial charge in [0.05, 0.1) is 18.5 Å². The molecule has 0 unspecified atom stereocenters. The summed E-state index contributed by atoms with van der Waals surface area (Å²) in [4.78, 5) is 28.5. The van der Waals surface area contributed by atoms with Crippen molar-refractivity contribution < 1.29 is 14.0 Å². The van der Waals surface area contributed by atoms with Crippen LogP contribution in [0.1, 0.15) is 16.1 Å². The second-order valence-corrected chi connectivity index (χ2v) is 6.33. The number of rotatable bonds is 5. The third-order valence-corrected chi connectivity index (χ3v) is 4.30. The molecule has 0 saturated heterocycles. The first kappa shape index (κ1) is 17.5. The summed E-state index contributed by atoms with van der Waals surface area (Å²) in [6, 6.07) is 14.6. The van der Waals surface area contributed by atoms with Crippen molar-refractivity contribution in [3.05, 3.63) is 78.5 Å². The first-order chi connectivity index (χ1) is 13.6. The summed E-state index contributed by atoms with van der Waals surface area (Å²) in [5, 5.41) is 5.25. The van der Waals surface area contributed by atoms with Crippen LogP contribution >= 0.6 is 0 Å². The van der Waals surface area contributed by atoms with Crippen LogP contribution in [0.25, 0.3) is 16.9 Å². The van der Waals surface area contributed by atoms with Crippen molar-refractivity contribution in [1.82, 2.24) is 14.7 Å². The molecule has 2 amide bonds. The Kier molecular flexibility index (Phi) is 4.63. The lowest BCUT2D eigenvalue weighted by Crippen LogP contribution is -2.32. The molecule has 0 spiro atoms. The molecule has 3 aromatic heterocycles. The maximum Gasteiger partial charge on any atom is 0.287 e. The summed E-state index contributed by atoms with van der Waals surface area (Å²) < 4.78 is 6.97. The van der Waals surface area contributed by atoms with Gasteiger partial charge in [0.2, 0.25) is 5.91 Å². The molecule has 0 bridgehead atoms. The zero-order valence-corrected chi connectivity index (χ0v) is 15.2. The van der Waals surface area contributed by atoms with Gasteiger partial charge in [-0.05, 0) is 42.8 Å². The van der Waals surface area contributed by atoms with Crippen LogP contribution in [-0.2, 0) is 4.79 Å². The van der Waals surface area contributed by atoms with E-state index in [1.807, 2.05) is 48.0 Å². The van der Waals surface area contributed by atoms with Crippen LogP contribution in [0.4, 0.5) is 5.69 Å². The fourth-order valence-electron chi connectivity index (χ4n) is 2.88. The summed E-state index contributed by atoms with van der Waals surface area (Å²) in [6.07, 6.45) is 5.34. The molecular weight excluding hydrogens is 356 g/mol. The average molecular weight is 374 g/mol.